The normalized spacial score (nSPS) is 17.1. The standard InChI is InChI=1S/C16H21ClN6O/c1-22-11-20-15(21-22)9-19-16(24)18-8-12-6-7-23(10-12)14-4-2-13(17)3-5-14/h2-5,11-12H,6-10H2,1H3,(H2,18,19,24). The summed E-state index contributed by atoms with van der Waals surface area (Å²) in [5.74, 6) is 1.04. The predicted molar refractivity (Wildman–Crippen MR) is 93.0 cm³/mol. The third kappa shape index (κ3) is 4.38. The van der Waals surface area contributed by atoms with Gasteiger partial charge in [-0.25, -0.2) is 9.78 Å². The highest BCUT2D eigenvalue weighted by atomic mass is 35.5. The lowest BCUT2D eigenvalue weighted by atomic mass is 10.1. The summed E-state index contributed by atoms with van der Waals surface area (Å²) in [4.78, 5) is 18.2. The second-order valence-electron chi connectivity index (χ2n) is 5.98. The van der Waals surface area contributed by atoms with Gasteiger partial charge in [-0.1, -0.05) is 11.6 Å². The van der Waals surface area contributed by atoms with Crippen LogP contribution in [0.15, 0.2) is 30.6 Å². The van der Waals surface area contributed by atoms with Crippen molar-refractivity contribution < 1.29 is 4.79 Å². The molecule has 1 unspecified atom stereocenters. The van der Waals surface area contributed by atoms with Crippen molar-refractivity contribution in [2.24, 2.45) is 13.0 Å². The Labute approximate surface area is 146 Å². The molecule has 2 heterocycles. The van der Waals surface area contributed by atoms with Crippen LogP contribution in [0.25, 0.3) is 0 Å². The molecule has 7 nitrogen and oxygen atoms in total. The van der Waals surface area contributed by atoms with Crippen molar-refractivity contribution >= 4 is 23.3 Å². The second kappa shape index (κ2) is 7.53. The van der Waals surface area contributed by atoms with E-state index in [1.165, 1.54) is 5.69 Å². The number of urea groups is 1. The van der Waals surface area contributed by atoms with Gasteiger partial charge < -0.3 is 15.5 Å². The Morgan fingerprint density at radius 2 is 2.12 bits per heavy atom. The number of carbonyl (C=O) groups is 1. The zero-order valence-electron chi connectivity index (χ0n) is 13.6. The highest BCUT2D eigenvalue weighted by molar-refractivity contribution is 6.30. The number of nitrogens with one attached hydrogen (secondary N) is 2. The Kier molecular flexibility index (Phi) is 5.20. The molecule has 2 amide bonds. The highest BCUT2D eigenvalue weighted by Crippen LogP contribution is 2.24. The molecule has 2 N–H and O–H groups in total. The molecular formula is C16H21ClN6O. The van der Waals surface area contributed by atoms with Crippen molar-refractivity contribution in [2.45, 2.75) is 13.0 Å². The van der Waals surface area contributed by atoms with Gasteiger partial charge in [0.1, 0.15) is 6.33 Å². The summed E-state index contributed by atoms with van der Waals surface area (Å²) in [6, 6.07) is 7.69. The summed E-state index contributed by atoms with van der Waals surface area (Å²) in [7, 11) is 1.79. The van der Waals surface area contributed by atoms with E-state index < -0.39 is 0 Å². The minimum atomic E-state index is -0.188. The molecule has 1 aliphatic rings. The van der Waals surface area contributed by atoms with Crippen LogP contribution in [0.5, 0.6) is 0 Å². The molecule has 1 saturated heterocycles. The predicted octanol–water partition coefficient (Wildman–Crippen LogP) is 1.79. The number of halogens is 1. The van der Waals surface area contributed by atoms with E-state index in [0.29, 0.717) is 24.8 Å². The molecule has 1 atom stereocenters. The number of carbonyl (C=O) groups excluding carboxylic acids is 1. The molecule has 2 aromatic rings. The Balaban J connectivity index is 1.39. The van der Waals surface area contributed by atoms with Crippen molar-refractivity contribution in [1.29, 1.82) is 0 Å². The summed E-state index contributed by atoms with van der Waals surface area (Å²) in [6.45, 7) is 2.91. The molecular weight excluding hydrogens is 328 g/mol. The van der Waals surface area contributed by atoms with E-state index in [4.69, 9.17) is 11.6 Å². The van der Waals surface area contributed by atoms with Gasteiger partial charge in [0.15, 0.2) is 5.82 Å². The van der Waals surface area contributed by atoms with Gasteiger partial charge in [0.05, 0.1) is 6.54 Å². The molecule has 1 aliphatic heterocycles. The minimum Gasteiger partial charge on any atom is -0.371 e. The fraction of sp³-hybridized carbons (Fsp3) is 0.438. The fourth-order valence-corrected chi connectivity index (χ4v) is 2.94. The SMILES string of the molecule is Cn1cnc(CNC(=O)NCC2CCN(c3ccc(Cl)cc3)C2)n1. The zero-order valence-corrected chi connectivity index (χ0v) is 14.3. The van der Waals surface area contributed by atoms with E-state index in [1.807, 2.05) is 24.3 Å². The van der Waals surface area contributed by atoms with Gasteiger partial charge in [-0.3, -0.25) is 4.68 Å². The summed E-state index contributed by atoms with van der Waals surface area (Å²) in [5.41, 5.74) is 1.17. The Hall–Kier alpha value is -2.28. The quantitative estimate of drug-likeness (QED) is 0.864. The van der Waals surface area contributed by atoms with Gasteiger partial charge in [0, 0.05) is 37.4 Å². The second-order valence-corrected chi connectivity index (χ2v) is 6.41. The van der Waals surface area contributed by atoms with Gasteiger partial charge in [0.25, 0.3) is 0 Å². The van der Waals surface area contributed by atoms with Crippen LogP contribution < -0.4 is 15.5 Å². The highest BCUT2D eigenvalue weighted by Gasteiger charge is 2.23. The van der Waals surface area contributed by atoms with Gasteiger partial charge in [-0.2, -0.15) is 5.10 Å². The first-order chi connectivity index (χ1) is 11.6. The first-order valence-electron chi connectivity index (χ1n) is 7.97. The number of hydrogen-bond acceptors (Lipinski definition) is 4. The van der Waals surface area contributed by atoms with Crippen LogP contribution >= 0.6 is 11.6 Å². The van der Waals surface area contributed by atoms with Crippen LogP contribution in [0.1, 0.15) is 12.2 Å². The maximum Gasteiger partial charge on any atom is 0.315 e. The molecule has 24 heavy (non-hydrogen) atoms. The molecule has 8 heteroatoms. The Morgan fingerprint density at radius 3 is 2.83 bits per heavy atom. The number of anilines is 1. The third-order valence-electron chi connectivity index (χ3n) is 4.08. The smallest absolute Gasteiger partial charge is 0.315 e. The number of hydrogen-bond donors (Lipinski definition) is 2. The van der Waals surface area contributed by atoms with Gasteiger partial charge in [0.2, 0.25) is 0 Å². The maximum absolute atomic E-state index is 11.9. The number of amides is 2. The van der Waals surface area contributed by atoms with Gasteiger partial charge in [-0.05, 0) is 36.6 Å². The van der Waals surface area contributed by atoms with E-state index in [-0.39, 0.29) is 6.03 Å². The minimum absolute atomic E-state index is 0.188. The van der Waals surface area contributed by atoms with Crippen LogP contribution in [0.2, 0.25) is 5.02 Å². The summed E-state index contributed by atoms with van der Waals surface area (Å²) in [6.07, 6.45) is 2.67. The largest absolute Gasteiger partial charge is 0.371 e. The van der Waals surface area contributed by atoms with E-state index >= 15 is 0 Å². The number of aryl methyl sites for hydroxylation is 1. The van der Waals surface area contributed by atoms with Crippen LogP contribution in [0.3, 0.4) is 0 Å². The van der Waals surface area contributed by atoms with Crippen molar-refractivity contribution in [2.75, 3.05) is 24.5 Å². The van der Waals surface area contributed by atoms with Crippen molar-refractivity contribution in [3.63, 3.8) is 0 Å². The summed E-state index contributed by atoms with van der Waals surface area (Å²) >= 11 is 5.92. The first-order valence-corrected chi connectivity index (χ1v) is 8.34. The number of benzene rings is 1. The van der Waals surface area contributed by atoms with Crippen molar-refractivity contribution in [3.8, 4) is 0 Å². The zero-order chi connectivity index (χ0) is 16.9. The van der Waals surface area contributed by atoms with Crippen LogP contribution in [-0.2, 0) is 13.6 Å². The van der Waals surface area contributed by atoms with E-state index in [9.17, 15) is 4.79 Å². The van der Waals surface area contributed by atoms with Gasteiger partial charge in [-0.15, -0.1) is 0 Å². The average Bonchev–Trinajstić information content (AvgIpc) is 3.21. The van der Waals surface area contributed by atoms with Crippen molar-refractivity contribution in [1.82, 2.24) is 25.4 Å². The average molecular weight is 349 g/mol. The molecule has 1 aromatic heterocycles. The summed E-state index contributed by atoms with van der Waals surface area (Å²) < 4.78 is 1.61. The molecule has 1 aromatic carbocycles. The monoisotopic (exact) mass is 348 g/mol. The molecule has 0 aliphatic carbocycles. The van der Waals surface area contributed by atoms with E-state index in [2.05, 4.69) is 25.6 Å². The fourth-order valence-electron chi connectivity index (χ4n) is 2.81. The number of rotatable bonds is 5. The third-order valence-corrected chi connectivity index (χ3v) is 4.33. The summed E-state index contributed by atoms with van der Waals surface area (Å²) in [5, 5.41) is 10.6. The van der Waals surface area contributed by atoms with Gasteiger partial charge >= 0.3 is 6.03 Å². The molecule has 0 bridgehead atoms. The lowest BCUT2D eigenvalue weighted by Gasteiger charge is -2.19. The first kappa shape index (κ1) is 16.6. The van der Waals surface area contributed by atoms with E-state index in [0.717, 1.165) is 24.5 Å². The Bertz CT molecular complexity index is 686. The maximum atomic E-state index is 11.9. The van der Waals surface area contributed by atoms with E-state index in [1.54, 1.807) is 18.1 Å². The van der Waals surface area contributed by atoms with Crippen molar-refractivity contribution in [3.05, 3.63) is 41.4 Å². The molecule has 0 spiro atoms. The number of nitrogens with zero attached hydrogens (tertiary/aromatic N) is 4. The molecule has 3 rings (SSSR count). The molecule has 0 radical (unpaired) electrons. The van der Waals surface area contributed by atoms with Crippen LogP contribution in [0, 0.1) is 5.92 Å². The number of aromatic nitrogens is 3. The van der Waals surface area contributed by atoms with Crippen LogP contribution in [0.4, 0.5) is 10.5 Å². The lowest BCUT2D eigenvalue weighted by molar-refractivity contribution is 0.238. The van der Waals surface area contributed by atoms with Crippen LogP contribution in [-0.4, -0.2) is 40.4 Å². The molecule has 1 fully saturated rings. The lowest BCUT2D eigenvalue weighted by Crippen LogP contribution is -2.38. The topological polar surface area (TPSA) is 75.1 Å². The molecule has 0 saturated carbocycles. The molecule has 128 valence electrons. The Morgan fingerprint density at radius 1 is 1.33 bits per heavy atom.